The molecule has 2 fully saturated rings. The topological polar surface area (TPSA) is 28.2 Å². The number of fused-ring (bicyclic) bond motifs is 1. The SMILES string of the molecule is Cc1cc(NC2CCN3CCCCC23)ncc1Br. The molecule has 2 aliphatic heterocycles. The lowest BCUT2D eigenvalue weighted by atomic mass is 9.99. The van der Waals surface area contributed by atoms with Crippen molar-refractivity contribution in [3.63, 3.8) is 0 Å². The van der Waals surface area contributed by atoms with E-state index in [1.54, 1.807) is 0 Å². The number of anilines is 1. The van der Waals surface area contributed by atoms with Crippen molar-refractivity contribution in [3.8, 4) is 0 Å². The first-order valence-electron chi connectivity index (χ1n) is 6.87. The number of hydrogen-bond acceptors (Lipinski definition) is 3. The Labute approximate surface area is 117 Å². The molecule has 2 unspecified atom stereocenters. The van der Waals surface area contributed by atoms with Crippen molar-refractivity contribution in [3.05, 3.63) is 22.3 Å². The molecule has 4 heteroatoms. The van der Waals surface area contributed by atoms with Crippen molar-refractivity contribution in [2.24, 2.45) is 0 Å². The van der Waals surface area contributed by atoms with Gasteiger partial charge in [-0.1, -0.05) is 6.42 Å². The molecule has 0 radical (unpaired) electrons. The number of piperidine rings is 1. The average Bonchev–Trinajstić information content (AvgIpc) is 2.78. The number of aryl methyl sites for hydroxylation is 1. The molecular formula is C14H20BrN3. The molecule has 18 heavy (non-hydrogen) atoms. The molecule has 3 heterocycles. The van der Waals surface area contributed by atoms with Gasteiger partial charge in [-0.2, -0.15) is 0 Å². The van der Waals surface area contributed by atoms with Crippen LogP contribution in [0.1, 0.15) is 31.2 Å². The fourth-order valence-electron chi connectivity index (χ4n) is 3.22. The van der Waals surface area contributed by atoms with Crippen LogP contribution in [0.2, 0.25) is 0 Å². The highest BCUT2D eigenvalue weighted by molar-refractivity contribution is 9.10. The molecule has 0 spiro atoms. The Morgan fingerprint density at radius 1 is 1.33 bits per heavy atom. The molecule has 1 N–H and O–H groups in total. The quantitative estimate of drug-likeness (QED) is 0.909. The third-order valence-electron chi connectivity index (χ3n) is 4.24. The first-order valence-corrected chi connectivity index (χ1v) is 7.66. The van der Waals surface area contributed by atoms with Gasteiger partial charge in [-0.15, -0.1) is 0 Å². The van der Waals surface area contributed by atoms with E-state index in [1.807, 2.05) is 6.20 Å². The van der Waals surface area contributed by atoms with Crippen LogP contribution in [0.25, 0.3) is 0 Å². The lowest BCUT2D eigenvalue weighted by molar-refractivity contribution is 0.192. The van der Waals surface area contributed by atoms with Crippen molar-refractivity contribution in [2.45, 2.75) is 44.7 Å². The van der Waals surface area contributed by atoms with E-state index >= 15 is 0 Å². The zero-order valence-corrected chi connectivity index (χ0v) is 12.4. The standard InChI is InChI=1S/C14H20BrN3/c1-10-8-14(16-9-11(10)15)17-12-5-7-18-6-3-2-4-13(12)18/h8-9,12-13H,2-7H2,1H3,(H,16,17). The number of halogens is 1. The van der Waals surface area contributed by atoms with Gasteiger partial charge in [-0.3, -0.25) is 4.90 Å². The molecule has 0 aliphatic carbocycles. The molecule has 2 atom stereocenters. The van der Waals surface area contributed by atoms with Gasteiger partial charge in [-0.05, 0) is 60.3 Å². The van der Waals surface area contributed by atoms with Crippen LogP contribution < -0.4 is 5.32 Å². The van der Waals surface area contributed by atoms with E-state index in [0.717, 1.165) is 16.3 Å². The predicted octanol–water partition coefficient (Wildman–Crippen LogP) is 3.19. The third kappa shape index (κ3) is 2.41. The summed E-state index contributed by atoms with van der Waals surface area (Å²) in [6.45, 7) is 4.64. The normalized spacial score (nSPS) is 28.1. The summed E-state index contributed by atoms with van der Waals surface area (Å²) in [4.78, 5) is 7.11. The summed E-state index contributed by atoms with van der Waals surface area (Å²) < 4.78 is 1.08. The summed E-state index contributed by atoms with van der Waals surface area (Å²) in [5.74, 6) is 1.02. The maximum atomic E-state index is 4.46. The molecule has 3 nitrogen and oxygen atoms in total. The first kappa shape index (κ1) is 12.4. The lowest BCUT2D eigenvalue weighted by Crippen LogP contribution is -2.41. The van der Waals surface area contributed by atoms with Crippen LogP contribution in [0.15, 0.2) is 16.7 Å². The molecule has 98 valence electrons. The van der Waals surface area contributed by atoms with Gasteiger partial charge in [0.25, 0.3) is 0 Å². The summed E-state index contributed by atoms with van der Waals surface area (Å²) in [6.07, 6.45) is 7.24. The zero-order valence-electron chi connectivity index (χ0n) is 10.8. The van der Waals surface area contributed by atoms with Crippen molar-refractivity contribution < 1.29 is 0 Å². The maximum absolute atomic E-state index is 4.46. The molecule has 1 aromatic heterocycles. The number of nitrogens with zero attached hydrogens (tertiary/aromatic N) is 2. The van der Waals surface area contributed by atoms with Gasteiger partial charge in [0.05, 0.1) is 0 Å². The largest absolute Gasteiger partial charge is 0.366 e. The molecule has 2 saturated heterocycles. The Bertz CT molecular complexity index is 435. The maximum Gasteiger partial charge on any atom is 0.126 e. The zero-order chi connectivity index (χ0) is 12.5. The minimum absolute atomic E-state index is 0.582. The van der Waals surface area contributed by atoms with Gasteiger partial charge in [0.1, 0.15) is 5.82 Å². The van der Waals surface area contributed by atoms with Crippen LogP contribution in [0, 0.1) is 6.92 Å². The van der Waals surface area contributed by atoms with Crippen molar-refractivity contribution in [1.82, 2.24) is 9.88 Å². The fraction of sp³-hybridized carbons (Fsp3) is 0.643. The second kappa shape index (κ2) is 5.17. The second-order valence-electron chi connectivity index (χ2n) is 5.46. The Morgan fingerprint density at radius 2 is 2.22 bits per heavy atom. The number of nitrogens with one attached hydrogen (secondary N) is 1. The monoisotopic (exact) mass is 309 g/mol. The molecular weight excluding hydrogens is 290 g/mol. The van der Waals surface area contributed by atoms with E-state index in [9.17, 15) is 0 Å². The highest BCUT2D eigenvalue weighted by atomic mass is 79.9. The third-order valence-corrected chi connectivity index (χ3v) is 5.07. The van der Waals surface area contributed by atoms with E-state index in [1.165, 1.54) is 44.3 Å². The number of aromatic nitrogens is 1. The van der Waals surface area contributed by atoms with Gasteiger partial charge < -0.3 is 5.32 Å². The summed E-state index contributed by atoms with van der Waals surface area (Å²) in [5, 5.41) is 3.63. The van der Waals surface area contributed by atoms with Crippen LogP contribution in [0.3, 0.4) is 0 Å². The Morgan fingerprint density at radius 3 is 3.06 bits per heavy atom. The number of pyridine rings is 1. The molecule has 0 amide bonds. The highest BCUT2D eigenvalue weighted by Gasteiger charge is 2.35. The number of rotatable bonds is 2. The molecule has 0 saturated carbocycles. The van der Waals surface area contributed by atoms with Crippen LogP contribution >= 0.6 is 15.9 Å². The van der Waals surface area contributed by atoms with Gasteiger partial charge in [0, 0.05) is 29.3 Å². The van der Waals surface area contributed by atoms with Crippen LogP contribution in [0.5, 0.6) is 0 Å². The smallest absolute Gasteiger partial charge is 0.126 e. The summed E-state index contributed by atoms with van der Waals surface area (Å²) in [7, 11) is 0. The van der Waals surface area contributed by atoms with E-state index in [4.69, 9.17) is 0 Å². The van der Waals surface area contributed by atoms with Gasteiger partial charge >= 0.3 is 0 Å². The highest BCUT2D eigenvalue weighted by Crippen LogP contribution is 2.29. The predicted molar refractivity (Wildman–Crippen MR) is 77.9 cm³/mol. The van der Waals surface area contributed by atoms with Gasteiger partial charge in [-0.25, -0.2) is 4.98 Å². The van der Waals surface area contributed by atoms with E-state index in [-0.39, 0.29) is 0 Å². The molecule has 2 aliphatic rings. The van der Waals surface area contributed by atoms with Crippen molar-refractivity contribution in [1.29, 1.82) is 0 Å². The molecule has 0 aromatic carbocycles. The van der Waals surface area contributed by atoms with Crippen LogP contribution in [-0.2, 0) is 0 Å². The summed E-state index contributed by atoms with van der Waals surface area (Å²) >= 11 is 3.50. The fourth-order valence-corrected chi connectivity index (χ4v) is 3.44. The molecule has 1 aromatic rings. The van der Waals surface area contributed by atoms with Gasteiger partial charge in [0.15, 0.2) is 0 Å². The minimum atomic E-state index is 0.582. The van der Waals surface area contributed by atoms with E-state index in [2.05, 4.69) is 44.1 Å². The summed E-state index contributed by atoms with van der Waals surface area (Å²) in [6, 6.07) is 3.44. The first-order chi connectivity index (χ1) is 8.74. The van der Waals surface area contributed by atoms with Crippen molar-refractivity contribution in [2.75, 3.05) is 18.4 Å². The second-order valence-corrected chi connectivity index (χ2v) is 6.31. The molecule has 3 rings (SSSR count). The summed E-state index contributed by atoms with van der Waals surface area (Å²) in [5.41, 5.74) is 1.24. The van der Waals surface area contributed by atoms with Crippen LogP contribution in [-0.4, -0.2) is 35.1 Å². The van der Waals surface area contributed by atoms with E-state index in [0.29, 0.717) is 6.04 Å². The number of hydrogen-bond donors (Lipinski definition) is 1. The van der Waals surface area contributed by atoms with Crippen molar-refractivity contribution >= 4 is 21.7 Å². The Balaban J connectivity index is 1.70. The Kier molecular flexibility index (Phi) is 3.57. The molecule has 0 bridgehead atoms. The van der Waals surface area contributed by atoms with E-state index < -0.39 is 0 Å². The minimum Gasteiger partial charge on any atom is -0.366 e. The average molecular weight is 310 g/mol. The Hall–Kier alpha value is -0.610. The van der Waals surface area contributed by atoms with Crippen LogP contribution in [0.4, 0.5) is 5.82 Å². The lowest BCUT2D eigenvalue weighted by Gasteiger charge is -2.32. The van der Waals surface area contributed by atoms with Gasteiger partial charge in [0.2, 0.25) is 0 Å².